The Morgan fingerprint density at radius 3 is 2.40 bits per heavy atom. The third-order valence-electron chi connectivity index (χ3n) is 18.2. The van der Waals surface area contributed by atoms with E-state index in [1.165, 1.54) is 35.0 Å². The van der Waals surface area contributed by atoms with Crippen LogP contribution in [0.5, 0.6) is 11.5 Å². The van der Waals surface area contributed by atoms with Crippen molar-refractivity contribution >= 4 is 84.8 Å². The van der Waals surface area contributed by atoms with Crippen LogP contribution in [0, 0.1) is 33.3 Å². The molecular weight excluding hydrogens is 1200 g/mol. The highest BCUT2D eigenvalue weighted by atomic mass is 35.5. The Labute approximate surface area is 535 Å². The predicted octanol–water partition coefficient (Wildman–Crippen LogP) is 11.5. The van der Waals surface area contributed by atoms with Gasteiger partial charge in [-0.05, 0) is 154 Å². The molecule has 0 bridgehead atoms. The summed E-state index contributed by atoms with van der Waals surface area (Å²) in [6, 6.07) is 24.4. The molecule has 4 aliphatic heterocycles. The minimum Gasteiger partial charge on any atom is -0.455 e. The topological polar surface area (TPSA) is 250 Å². The van der Waals surface area contributed by atoms with E-state index in [0.29, 0.717) is 43.0 Å². The van der Waals surface area contributed by atoms with E-state index < -0.39 is 61.1 Å². The van der Waals surface area contributed by atoms with Crippen molar-refractivity contribution in [2.75, 3.05) is 69.1 Å². The lowest BCUT2D eigenvalue weighted by Gasteiger charge is -2.39. The molecule has 0 radical (unpaired) electrons. The number of allylic oxidation sites excluding steroid dienone is 1. The summed E-state index contributed by atoms with van der Waals surface area (Å²) in [7, 11) is -4.62. The molecule has 20 nitrogen and oxygen atoms in total. The van der Waals surface area contributed by atoms with Crippen molar-refractivity contribution in [1.82, 2.24) is 34.7 Å². The summed E-state index contributed by atoms with van der Waals surface area (Å²) in [6.45, 7) is 11.8. The fourth-order valence-electron chi connectivity index (χ4n) is 13.1. The number of aromatic nitrogens is 2. The highest BCUT2D eigenvalue weighted by Crippen LogP contribution is 2.44. The average molecular weight is 1270 g/mol. The van der Waals surface area contributed by atoms with Crippen LogP contribution in [0.1, 0.15) is 152 Å². The van der Waals surface area contributed by atoms with E-state index in [2.05, 4.69) is 77.8 Å². The molecule has 5 aliphatic rings. The molecule has 476 valence electrons. The van der Waals surface area contributed by atoms with E-state index in [1.54, 1.807) is 48.7 Å². The molecule has 11 rings (SSSR count). The molecular formula is C69H77ClN10O10S. The van der Waals surface area contributed by atoms with Gasteiger partial charge in [-0.15, -0.1) is 0 Å². The average Bonchev–Trinajstić information content (AvgIpc) is 1.70. The van der Waals surface area contributed by atoms with Crippen LogP contribution in [-0.2, 0) is 19.6 Å². The number of hydrogen-bond acceptors (Lipinski definition) is 15. The van der Waals surface area contributed by atoms with Crippen LogP contribution in [0.4, 0.5) is 17.1 Å². The highest BCUT2D eigenvalue weighted by Gasteiger charge is 2.45. The van der Waals surface area contributed by atoms with Gasteiger partial charge in [-0.3, -0.25) is 49.2 Å². The zero-order valence-electron chi connectivity index (χ0n) is 51.5. The maximum Gasteiger partial charge on any atom is 0.293 e. The Morgan fingerprint density at radius 2 is 1.62 bits per heavy atom. The Hall–Kier alpha value is -8.42. The van der Waals surface area contributed by atoms with Crippen LogP contribution in [0.3, 0.4) is 0 Å². The number of benzene rings is 4. The molecule has 2 aromatic heterocycles. The number of likely N-dealkylation sites (tertiary alicyclic amines) is 1. The number of sulfonamides is 1. The second-order valence-corrected chi connectivity index (χ2v) is 27.5. The SMILES string of the molecule is CC1(C)CCC(CN2CCN(c3ccc(C(=O)NS(=O)(=O)c4ccc(NCC5CCCN(CCCCCCCCCC#Cc6ccc7c(c6)C(=O)N(C6CCC(=O)NC6=O)C7=O)C5)c([N+](=O)[O-])c4)c(Oc4cnc5[nH]ccc5c4)c3)CC2)=C(c2ccc(Cl)cc2)C1. The number of rotatable bonds is 23. The highest BCUT2D eigenvalue weighted by molar-refractivity contribution is 7.90. The Balaban J connectivity index is 0.637. The number of fused-ring (bicyclic) bond motifs is 2. The molecule has 4 aromatic carbocycles. The standard InChI is InChI=1S/C69H77ClN10O10S/c1-69(2)29-27-50(58(41-69)48-16-18-51(70)19-17-48)45-77-33-35-78(36-34-77)52-20-23-56(62(39-52)90-53-38-49-28-30-71-64(49)73-43-53)65(82)75-91(88,89)54-21-24-59(61(40-54)80(86)87)72-42-47-14-12-32-76(44-47)31-11-9-7-5-3-4-6-8-10-13-46-15-22-55-57(37-46)68(85)79(67(55)84)60-25-26-63(81)74-66(60)83/h15-24,28,30,37-40,43,47,60,72H,3-9,11-12,14,25-27,29,31-36,41-42,44-45H2,1-2H3,(H,71,73)(H,75,82)(H,74,81,83). The van der Waals surface area contributed by atoms with Gasteiger partial charge < -0.3 is 24.8 Å². The number of anilines is 2. The second-order valence-electron chi connectivity index (χ2n) is 25.4. The van der Waals surface area contributed by atoms with Gasteiger partial charge in [0.25, 0.3) is 33.4 Å². The summed E-state index contributed by atoms with van der Waals surface area (Å²) in [5.41, 5.74) is 6.52. The molecule has 22 heteroatoms. The van der Waals surface area contributed by atoms with Crippen molar-refractivity contribution in [2.24, 2.45) is 11.3 Å². The van der Waals surface area contributed by atoms with Gasteiger partial charge in [0.2, 0.25) is 11.8 Å². The number of H-pyrrole nitrogens is 1. The van der Waals surface area contributed by atoms with E-state index in [-0.39, 0.29) is 52.3 Å². The number of pyridine rings is 1. The maximum absolute atomic E-state index is 14.2. The van der Waals surface area contributed by atoms with Gasteiger partial charge in [0, 0.05) is 98.6 Å². The van der Waals surface area contributed by atoms with Crippen molar-refractivity contribution in [1.29, 1.82) is 0 Å². The van der Waals surface area contributed by atoms with Crippen LogP contribution < -0.4 is 25.0 Å². The summed E-state index contributed by atoms with van der Waals surface area (Å²) in [5, 5.41) is 19.5. The van der Waals surface area contributed by atoms with Crippen LogP contribution in [0.2, 0.25) is 5.02 Å². The summed E-state index contributed by atoms with van der Waals surface area (Å²) in [4.78, 5) is 91.5. The smallest absolute Gasteiger partial charge is 0.293 e. The molecule has 2 unspecified atom stereocenters. The number of nitrogens with zero attached hydrogens (tertiary/aromatic N) is 6. The Morgan fingerprint density at radius 1 is 0.846 bits per heavy atom. The van der Waals surface area contributed by atoms with Crippen molar-refractivity contribution in [3.63, 3.8) is 0 Å². The molecule has 91 heavy (non-hydrogen) atoms. The normalized spacial score (nSPS) is 18.8. The van der Waals surface area contributed by atoms with Gasteiger partial charge in [0.05, 0.1) is 32.7 Å². The largest absolute Gasteiger partial charge is 0.455 e. The molecule has 2 atom stereocenters. The molecule has 0 spiro atoms. The first kappa shape index (κ1) is 64.1. The Bertz CT molecular complexity index is 3980. The minimum absolute atomic E-state index is 0.0507. The van der Waals surface area contributed by atoms with Crippen LogP contribution in [0.15, 0.2) is 114 Å². The molecule has 5 amide bonds. The lowest BCUT2D eigenvalue weighted by atomic mass is 9.72. The number of hydrogen-bond donors (Lipinski definition) is 4. The van der Waals surface area contributed by atoms with E-state index in [0.717, 1.165) is 143 Å². The number of piperazine rings is 1. The van der Waals surface area contributed by atoms with Crippen LogP contribution in [0.25, 0.3) is 16.6 Å². The molecule has 3 fully saturated rings. The number of nitrogens with one attached hydrogen (secondary N) is 4. The number of ether oxygens (including phenoxy) is 1. The number of carbonyl (C=O) groups is 5. The van der Waals surface area contributed by atoms with Gasteiger partial charge in [-0.25, -0.2) is 18.1 Å². The number of nitro benzene ring substituents is 1. The lowest BCUT2D eigenvalue weighted by molar-refractivity contribution is -0.384. The zero-order valence-corrected chi connectivity index (χ0v) is 53.1. The van der Waals surface area contributed by atoms with Crippen molar-refractivity contribution in [3.8, 4) is 23.3 Å². The zero-order chi connectivity index (χ0) is 63.8. The maximum atomic E-state index is 14.2. The third kappa shape index (κ3) is 15.7. The summed E-state index contributed by atoms with van der Waals surface area (Å²) in [6.07, 6.45) is 16.8. The first-order valence-electron chi connectivity index (χ1n) is 31.7. The summed E-state index contributed by atoms with van der Waals surface area (Å²) < 4.78 is 36.6. The van der Waals surface area contributed by atoms with Gasteiger partial charge >= 0.3 is 0 Å². The van der Waals surface area contributed by atoms with Gasteiger partial charge in [0.15, 0.2) is 0 Å². The van der Waals surface area contributed by atoms with Crippen LogP contribution >= 0.6 is 11.6 Å². The number of amides is 5. The van der Waals surface area contributed by atoms with Crippen LogP contribution in [-0.4, -0.2) is 132 Å². The predicted molar refractivity (Wildman–Crippen MR) is 350 cm³/mol. The number of piperidine rings is 2. The van der Waals surface area contributed by atoms with Crippen molar-refractivity contribution in [2.45, 2.75) is 121 Å². The lowest BCUT2D eigenvalue weighted by Crippen LogP contribution is -2.54. The van der Waals surface area contributed by atoms with Gasteiger partial charge in [-0.2, -0.15) is 0 Å². The van der Waals surface area contributed by atoms with E-state index in [9.17, 15) is 42.5 Å². The number of nitro groups is 1. The fourth-order valence-corrected chi connectivity index (χ4v) is 14.2. The second kappa shape index (κ2) is 28.4. The fraction of sp³-hybridized carbons (Fsp3) is 0.420. The molecule has 6 aromatic rings. The van der Waals surface area contributed by atoms with Crippen molar-refractivity contribution in [3.05, 3.63) is 152 Å². The van der Waals surface area contributed by atoms with Gasteiger partial charge in [-0.1, -0.05) is 87.1 Å². The quantitative estimate of drug-likeness (QED) is 0.0153. The van der Waals surface area contributed by atoms with Gasteiger partial charge in [0.1, 0.15) is 28.9 Å². The Kier molecular flexibility index (Phi) is 20.0. The number of carbonyl (C=O) groups excluding carboxylic acids is 5. The monoisotopic (exact) mass is 1270 g/mol. The molecule has 4 N–H and O–H groups in total. The molecule has 3 saturated heterocycles. The third-order valence-corrected chi connectivity index (χ3v) is 19.8. The number of unbranched alkanes of at least 4 members (excludes halogenated alkanes) is 7. The first-order valence-corrected chi connectivity index (χ1v) is 33.6. The number of halogens is 1. The molecule has 6 heterocycles. The first-order chi connectivity index (χ1) is 43.8. The summed E-state index contributed by atoms with van der Waals surface area (Å²) >= 11 is 6.28. The van der Waals surface area contributed by atoms with E-state index >= 15 is 0 Å². The number of aromatic amines is 1. The van der Waals surface area contributed by atoms with E-state index in [1.807, 2.05) is 18.2 Å². The number of imide groups is 2. The summed E-state index contributed by atoms with van der Waals surface area (Å²) in [5.74, 6) is 3.86. The molecule has 1 aliphatic carbocycles. The molecule has 0 saturated carbocycles. The minimum atomic E-state index is -4.62. The van der Waals surface area contributed by atoms with E-state index in [4.69, 9.17) is 16.3 Å². The van der Waals surface area contributed by atoms with Crippen molar-refractivity contribution < 1.29 is 42.1 Å².